The highest BCUT2D eigenvalue weighted by molar-refractivity contribution is 5.19. The van der Waals surface area contributed by atoms with Crippen molar-refractivity contribution in [2.75, 3.05) is 0 Å². The summed E-state index contributed by atoms with van der Waals surface area (Å²) in [4.78, 5) is 0. The Balaban J connectivity index is 2.20. The molecule has 0 bridgehead atoms. The van der Waals surface area contributed by atoms with Gasteiger partial charge in [-0.3, -0.25) is 4.68 Å². The molecule has 0 aliphatic rings. The van der Waals surface area contributed by atoms with Crippen molar-refractivity contribution in [3.63, 3.8) is 0 Å². The van der Waals surface area contributed by atoms with E-state index < -0.39 is 5.60 Å². The molecule has 2 aromatic rings. The molecule has 0 fully saturated rings. The Hall–Kier alpha value is -1.69. The van der Waals surface area contributed by atoms with Gasteiger partial charge in [0, 0.05) is 19.5 Å². The van der Waals surface area contributed by atoms with Crippen LogP contribution in [0.1, 0.15) is 26.0 Å². The summed E-state index contributed by atoms with van der Waals surface area (Å²) in [5.41, 5.74) is 0.0471. The normalized spacial score (nSPS) is 14.8. The lowest BCUT2D eigenvalue weighted by Gasteiger charge is -2.18. The first-order valence-corrected chi connectivity index (χ1v) is 5.64. The predicted octanol–water partition coefficient (Wildman–Crippen LogP) is 0.704. The van der Waals surface area contributed by atoms with Crippen molar-refractivity contribution >= 4 is 0 Å². The van der Waals surface area contributed by atoms with Crippen LogP contribution in [0.3, 0.4) is 0 Å². The molecule has 0 aromatic carbocycles. The first kappa shape index (κ1) is 11.8. The lowest BCUT2D eigenvalue weighted by atomic mass is 9.98. The molecule has 2 aromatic heterocycles. The Morgan fingerprint density at radius 3 is 2.82 bits per heavy atom. The molecule has 1 unspecified atom stereocenters. The predicted molar refractivity (Wildman–Crippen MR) is 62.7 cm³/mol. The maximum Gasteiger partial charge on any atom is 0.153 e. The van der Waals surface area contributed by atoms with E-state index in [9.17, 15) is 5.11 Å². The molecular formula is C11H17N5O. The van der Waals surface area contributed by atoms with Gasteiger partial charge in [-0.05, 0) is 13.3 Å². The van der Waals surface area contributed by atoms with Gasteiger partial charge in [-0.15, -0.1) is 5.10 Å². The monoisotopic (exact) mass is 235 g/mol. The molecule has 0 radical (unpaired) electrons. The van der Waals surface area contributed by atoms with Crippen LogP contribution in [0.25, 0.3) is 5.82 Å². The Labute approximate surface area is 99.9 Å². The average molecular weight is 235 g/mol. The van der Waals surface area contributed by atoms with Crippen LogP contribution in [0.15, 0.2) is 18.5 Å². The SMILES string of the molecule is CCC(C)(O)Cc1cn(-c2ccnn2C)nn1. The van der Waals surface area contributed by atoms with Gasteiger partial charge in [0.25, 0.3) is 0 Å². The Kier molecular flexibility index (Phi) is 2.97. The summed E-state index contributed by atoms with van der Waals surface area (Å²) < 4.78 is 3.38. The summed E-state index contributed by atoms with van der Waals surface area (Å²) in [6, 6.07) is 1.86. The molecule has 2 heterocycles. The first-order valence-electron chi connectivity index (χ1n) is 5.64. The summed E-state index contributed by atoms with van der Waals surface area (Å²) in [6.07, 6.45) is 4.72. The Morgan fingerprint density at radius 1 is 1.47 bits per heavy atom. The number of hydrogen-bond acceptors (Lipinski definition) is 4. The zero-order valence-corrected chi connectivity index (χ0v) is 10.3. The van der Waals surface area contributed by atoms with Gasteiger partial charge in [0.05, 0.1) is 23.7 Å². The van der Waals surface area contributed by atoms with Crippen LogP contribution in [0.4, 0.5) is 0 Å². The molecule has 2 rings (SSSR count). The van der Waals surface area contributed by atoms with Crippen molar-refractivity contribution in [1.29, 1.82) is 0 Å². The second-order valence-corrected chi connectivity index (χ2v) is 4.49. The summed E-state index contributed by atoms with van der Waals surface area (Å²) in [5, 5.41) is 22.1. The fourth-order valence-corrected chi connectivity index (χ4v) is 1.60. The molecular weight excluding hydrogens is 218 g/mol. The second kappa shape index (κ2) is 4.29. The van der Waals surface area contributed by atoms with E-state index in [0.717, 1.165) is 11.5 Å². The molecule has 1 atom stereocenters. The van der Waals surface area contributed by atoms with Crippen LogP contribution in [0.2, 0.25) is 0 Å². The summed E-state index contributed by atoms with van der Waals surface area (Å²) in [5.74, 6) is 0.847. The van der Waals surface area contributed by atoms with Crippen LogP contribution in [-0.4, -0.2) is 35.5 Å². The highest BCUT2D eigenvalue weighted by Gasteiger charge is 2.20. The molecule has 6 nitrogen and oxygen atoms in total. The molecule has 0 saturated carbocycles. The molecule has 92 valence electrons. The van der Waals surface area contributed by atoms with Gasteiger partial charge in [0.2, 0.25) is 0 Å². The molecule has 0 saturated heterocycles. The van der Waals surface area contributed by atoms with Gasteiger partial charge in [-0.2, -0.15) is 5.10 Å². The van der Waals surface area contributed by atoms with Crippen molar-refractivity contribution in [2.24, 2.45) is 7.05 Å². The van der Waals surface area contributed by atoms with Gasteiger partial charge in [-0.1, -0.05) is 12.1 Å². The molecule has 0 aliphatic carbocycles. The minimum Gasteiger partial charge on any atom is -0.390 e. The standard InChI is InChI=1S/C11H17N5O/c1-4-11(2,17)7-9-8-16(14-13-9)10-5-6-12-15(10)3/h5-6,8,17H,4,7H2,1-3H3. The molecule has 0 spiro atoms. The largest absolute Gasteiger partial charge is 0.390 e. The molecule has 1 N–H and O–H groups in total. The fraction of sp³-hybridized carbons (Fsp3) is 0.545. The van der Waals surface area contributed by atoms with Crippen molar-refractivity contribution in [1.82, 2.24) is 24.8 Å². The molecule has 0 amide bonds. The third-order valence-electron chi connectivity index (χ3n) is 2.89. The molecule has 17 heavy (non-hydrogen) atoms. The first-order chi connectivity index (χ1) is 8.02. The van der Waals surface area contributed by atoms with Crippen LogP contribution >= 0.6 is 0 Å². The topological polar surface area (TPSA) is 68.8 Å². The fourth-order valence-electron chi connectivity index (χ4n) is 1.60. The minimum atomic E-state index is -0.729. The maximum atomic E-state index is 9.98. The van der Waals surface area contributed by atoms with Gasteiger partial charge in [-0.25, -0.2) is 4.68 Å². The van der Waals surface area contributed by atoms with E-state index in [1.807, 2.05) is 26.2 Å². The van der Waals surface area contributed by atoms with Gasteiger partial charge >= 0.3 is 0 Å². The summed E-state index contributed by atoms with van der Waals surface area (Å²) in [6.45, 7) is 3.75. The van der Waals surface area contributed by atoms with E-state index in [1.165, 1.54) is 0 Å². The third kappa shape index (κ3) is 2.52. The van der Waals surface area contributed by atoms with E-state index >= 15 is 0 Å². The average Bonchev–Trinajstić information content (AvgIpc) is 2.86. The quantitative estimate of drug-likeness (QED) is 0.847. The van der Waals surface area contributed by atoms with E-state index in [1.54, 1.807) is 22.5 Å². The van der Waals surface area contributed by atoms with Crippen molar-refractivity contribution < 1.29 is 5.11 Å². The highest BCUT2D eigenvalue weighted by atomic mass is 16.3. The number of aliphatic hydroxyl groups is 1. The number of nitrogens with zero attached hydrogens (tertiary/aromatic N) is 5. The third-order valence-corrected chi connectivity index (χ3v) is 2.89. The zero-order valence-electron chi connectivity index (χ0n) is 10.3. The zero-order chi connectivity index (χ0) is 12.5. The summed E-state index contributed by atoms with van der Waals surface area (Å²) >= 11 is 0. The van der Waals surface area contributed by atoms with Gasteiger partial charge < -0.3 is 5.11 Å². The van der Waals surface area contributed by atoms with Crippen LogP contribution < -0.4 is 0 Å². The molecule has 0 aliphatic heterocycles. The smallest absolute Gasteiger partial charge is 0.153 e. The second-order valence-electron chi connectivity index (χ2n) is 4.49. The Bertz CT molecular complexity index is 499. The van der Waals surface area contributed by atoms with Crippen molar-refractivity contribution in [3.05, 3.63) is 24.2 Å². The number of rotatable bonds is 4. The van der Waals surface area contributed by atoms with Crippen LogP contribution in [-0.2, 0) is 13.5 Å². The van der Waals surface area contributed by atoms with E-state index in [-0.39, 0.29) is 0 Å². The number of hydrogen-bond donors (Lipinski definition) is 1. The lowest BCUT2D eigenvalue weighted by Crippen LogP contribution is -2.25. The van der Waals surface area contributed by atoms with Crippen molar-refractivity contribution in [3.8, 4) is 5.82 Å². The van der Waals surface area contributed by atoms with E-state index in [4.69, 9.17) is 0 Å². The lowest BCUT2D eigenvalue weighted by molar-refractivity contribution is 0.0554. The van der Waals surface area contributed by atoms with Crippen molar-refractivity contribution in [2.45, 2.75) is 32.3 Å². The minimum absolute atomic E-state index is 0.501. The number of aromatic nitrogens is 5. The highest BCUT2D eigenvalue weighted by Crippen LogP contribution is 2.15. The number of aryl methyl sites for hydroxylation is 1. The Morgan fingerprint density at radius 2 is 2.24 bits per heavy atom. The van der Waals surface area contributed by atoms with Crippen LogP contribution in [0, 0.1) is 0 Å². The van der Waals surface area contributed by atoms with Gasteiger partial charge in [0.15, 0.2) is 5.82 Å². The van der Waals surface area contributed by atoms with E-state index in [0.29, 0.717) is 12.8 Å². The summed E-state index contributed by atoms with van der Waals surface area (Å²) in [7, 11) is 1.85. The van der Waals surface area contributed by atoms with E-state index in [2.05, 4.69) is 15.4 Å². The molecule has 6 heteroatoms. The maximum absolute atomic E-state index is 9.98. The van der Waals surface area contributed by atoms with Gasteiger partial charge in [0.1, 0.15) is 0 Å². The van der Waals surface area contributed by atoms with Crippen LogP contribution in [0.5, 0.6) is 0 Å².